The quantitative estimate of drug-likeness (QED) is 0.599. The first kappa shape index (κ1) is 8.81. The van der Waals surface area contributed by atoms with E-state index in [-0.39, 0.29) is 23.8 Å². The van der Waals surface area contributed by atoms with Crippen molar-refractivity contribution in [2.75, 3.05) is 19.0 Å². The van der Waals surface area contributed by atoms with Crippen molar-refractivity contribution < 1.29 is 9.90 Å². The van der Waals surface area contributed by atoms with Crippen molar-refractivity contribution >= 4 is 17.5 Å². The average Bonchev–Trinajstić information content (AvgIpc) is 2.81. The number of aliphatic hydroxyl groups is 1. The number of hydrogen-bond acceptors (Lipinski definition) is 2. The minimum atomic E-state index is -0.161. The van der Waals surface area contributed by atoms with Gasteiger partial charge in [-0.25, -0.2) is 0 Å². The predicted molar refractivity (Wildman–Crippen MR) is 42.5 cm³/mol. The first-order valence-corrected chi connectivity index (χ1v) is 4.19. The van der Waals surface area contributed by atoms with Crippen molar-refractivity contribution in [2.24, 2.45) is 5.41 Å². The molecule has 11 heavy (non-hydrogen) atoms. The molecule has 0 heterocycles. The molecule has 0 aromatic heterocycles. The van der Waals surface area contributed by atoms with Crippen molar-refractivity contribution in [3.63, 3.8) is 0 Å². The summed E-state index contributed by atoms with van der Waals surface area (Å²) >= 11 is 5.27. The van der Waals surface area contributed by atoms with E-state index in [9.17, 15) is 4.79 Å². The van der Waals surface area contributed by atoms with Crippen molar-refractivity contribution in [3.05, 3.63) is 0 Å². The third kappa shape index (κ3) is 2.34. The summed E-state index contributed by atoms with van der Waals surface area (Å²) in [6.45, 7) is 0.727. The van der Waals surface area contributed by atoms with Gasteiger partial charge in [-0.05, 0) is 12.8 Å². The lowest BCUT2D eigenvalue weighted by molar-refractivity contribution is -0.119. The van der Waals surface area contributed by atoms with Crippen molar-refractivity contribution in [1.29, 1.82) is 0 Å². The Balaban J connectivity index is 2.16. The van der Waals surface area contributed by atoms with Gasteiger partial charge in [0, 0.05) is 12.0 Å². The van der Waals surface area contributed by atoms with Gasteiger partial charge in [0.25, 0.3) is 0 Å². The molecule has 1 aliphatic rings. The third-order valence-corrected chi connectivity index (χ3v) is 2.32. The Hall–Kier alpha value is -0.280. The number of halogens is 1. The molecule has 64 valence electrons. The van der Waals surface area contributed by atoms with E-state index >= 15 is 0 Å². The standard InChI is InChI=1S/C7H12ClNO2/c8-3-6(11)9-4-7(5-10)1-2-7/h10H,1-5H2,(H,9,11). The van der Waals surface area contributed by atoms with E-state index in [4.69, 9.17) is 16.7 Å². The van der Waals surface area contributed by atoms with Gasteiger partial charge in [0.15, 0.2) is 0 Å². The lowest BCUT2D eigenvalue weighted by Gasteiger charge is -2.11. The summed E-state index contributed by atoms with van der Waals surface area (Å²) < 4.78 is 0. The summed E-state index contributed by atoms with van der Waals surface area (Å²) in [7, 11) is 0. The number of aliphatic hydroxyl groups excluding tert-OH is 1. The molecule has 0 radical (unpaired) electrons. The van der Waals surface area contributed by atoms with Crippen molar-refractivity contribution in [1.82, 2.24) is 5.32 Å². The maximum atomic E-state index is 10.7. The second kappa shape index (κ2) is 3.41. The monoisotopic (exact) mass is 177 g/mol. The van der Waals surface area contributed by atoms with Crippen LogP contribution in [0.15, 0.2) is 0 Å². The zero-order valence-corrected chi connectivity index (χ0v) is 7.02. The molecule has 1 aliphatic carbocycles. The maximum Gasteiger partial charge on any atom is 0.234 e. The van der Waals surface area contributed by atoms with Crippen LogP contribution in [0.3, 0.4) is 0 Å². The Bertz CT molecular complexity index is 157. The molecule has 3 nitrogen and oxygen atoms in total. The zero-order valence-electron chi connectivity index (χ0n) is 6.27. The average molecular weight is 178 g/mol. The minimum absolute atomic E-state index is 0.00150. The second-order valence-corrected chi connectivity index (χ2v) is 3.34. The Morgan fingerprint density at radius 2 is 2.27 bits per heavy atom. The summed E-state index contributed by atoms with van der Waals surface area (Å²) in [5.41, 5.74) is -0.0122. The van der Waals surface area contributed by atoms with E-state index in [0.29, 0.717) is 6.54 Å². The molecule has 0 bridgehead atoms. The molecule has 0 aromatic rings. The van der Waals surface area contributed by atoms with Gasteiger partial charge in [-0.2, -0.15) is 0 Å². The van der Waals surface area contributed by atoms with Gasteiger partial charge >= 0.3 is 0 Å². The van der Waals surface area contributed by atoms with E-state index in [2.05, 4.69) is 5.32 Å². The predicted octanol–water partition coefficient (Wildman–Crippen LogP) is 0.114. The fourth-order valence-corrected chi connectivity index (χ4v) is 0.995. The van der Waals surface area contributed by atoms with Crippen LogP contribution in [0.4, 0.5) is 0 Å². The summed E-state index contributed by atoms with van der Waals surface area (Å²) in [5, 5.41) is 11.5. The smallest absolute Gasteiger partial charge is 0.234 e. The van der Waals surface area contributed by atoms with Gasteiger partial charge in [0.2, 0.25) is 5.91 Å². The Morgan fingerprint density at radius 3 is 2.64 bits per heavy atom. The third-order valence-electron chi connectivity index (χ3n) is 2.07. The van der Waals surface area contributed by atoms with Crippen LogP contribution >= 0.6 is 11.6 Å². The number of rotatable bonds is 4. The normalized spacial score (nSPS) is 19.5. The highest BCUT2D eigenvalue weighted by molar-refractivity contribution is 6.27. The molecule has 2 N–H and O–H groups in total. The molecular weight excluding hydrogens is 166 g/mol. The Morgan fingerprint density at radius 1 is 1.64 bits per heavy atom. The molecule has 0 spiro atoms. The first-order chi connectivity index (χ1) is 5.22. The highest BCUT2D eigenvalue weighted by Crippen LogP contribution is 2.44. The van der Waals surface area contributed by atoms with Crippen LogP contribution in [-0.2, 0) is 4.79 Å². The highest BCUT2D eigenvalue weighted by atomic mass is 35.5. The summed E-state index contributed by atoms with van der Waals surface area (Å²) in [6.07, 6.45) is 2.01. The molecule has 1 amide bonds. The molecule has 0 aromatic carbocycles. The van der Waals surface area contributed by atoms with E-state index in [1.165, 1.54) is 0 Å². The lowest BCUT2D eigenvalue weighted by Crippen LogP contribution is -2.32. The largest absolute Gasteiger partial charge is 0.396 e. The highest BCUT2D eigenvalue weighted by Gasteiger charge is 2.41. The first-order valence-electron chi connectivity index (χ1n) is 3.66. The van der Waals surface area contributed by atoms with Gasteiger partial charge < -0.3 is 10.4 Å². The molecule has 4 heteroatoms. The van der Waals surface area contributed by atoms with Gasteiger partial charge in [-0.3, -0.25) is 4.79 Å². The van der Waals surface area contributed by atoms with Gasteiger partial charge in [0.1, 0.15) is 5.88 Å². The fourth-order valence-electron chi connectivity index (χ4n) is 0.901. The van der Waals surface area contributed by atoms with Crippen LogP contribution in [0.1, 0.15) is 12.8 Å². The van der Waals surface area contributed by atoms with Crippen LogP contribution in [0, 0.1) is 5.41 Å². The van der Waals surface area contributed by atoms with Gasteiger partial charge in [-0.15, -0.1) is 11.6 Å². The number of amides is 1. The zero-order chi connectivity index (χ0) is 8.32. The van der Waals surface area contributed by atoms with Crippen LogP contribution in [0.5, 0.6) is 0 Å². The van der Waals surface area contributed by atoms with E-state index in [1.807, 2.05) is 0 Å². The number of carbonyl (C=O) groups excluding carboxylic acids is 1. The minimum Gasteiger partial charge on any atom is -0.396 e. The van der Waals surface area contributed by atoms with E-state index in [1.54, 1.807) is 0 Å². The summed E-state index contributed by atoms with van der Waals surface area (Å²) in [4.78, 5) is 10.7. The number of nitrogens with one attached hydrogen (secondary N) is 1. The summed E-state index contributed by atoms with van der Waals surface area (Å²) in [5.74, 6) is -0.159. The van der Waals surface area contributed by atoms with Crippen LogP contribution in [-0.4, -0.2) is 30.0 Å². The molecular formula is C7H12ClNO2. The Kier molecular flexibility index (Phi) is 2.73. The molecule has 0 aliphatic heterocycles. The fraction of sp³-hybridized carbons (Fsp3) is 0.857. The van der Waals surface area contributed by atoms with Crippen molar-refractivity contribution in [2.45, 2.75) is 12.8 Å². The van der Waals surface area contributed by atoms with Crippen LogP contribution < -0.4 is 5.32 Å². The topological polar surface area (TPSA) is 49.3 Å². The van der Waals surface area contributed by atoms with Crippen LogP contribution in [0.2, 0.25) is 0 Å². The Labute approximate surface area is 70.7 Å². The molecule has 1 saturated carbocycles. The SMILES string of the molecule is O=C(CCl)NCC1(CO)CC1. The number of hydrogen-bond donors (Lipinski definition) is 2. The molecule has 1 fully saturated rings. The van der Waals surface area contributed by atoms with Crippen molar-refractivity contribution in [3.8, 4) is 0 Å². The molecule has 0 unspecified atom stereocenters. The van der Waals surface area contributed by atoms with Crippen LogP contribution in [0.25, 0.3) is 0 Å². The van der Waals surface area contributed by atoms with E-state index in [0.717, 1.165) is 12.8 Å². The lowest BCUT2D eigenvalue weighted by atomic mass is 10.1. The molecule has 1 rings (SSSR count). The molecule has 0 saturated heterocycles. The van der Waals surface area contributed by atoms with Gasteiger partial charge in [0.05, 0.1) is 6.61 Å². The van der Waals surface area contributed by atoms with Gasteiger partial charge in [-0.1, -0.05) is 0 Å². The number of carbonyl (C=O) groups is 1. The molecule has 0 atom stereocenters. The van der Waals surface area contributed by atoms with E-state index < -0.39 is 0 Å². The number of alkyl halides is 1. The summed E-state index contributed by atoms with van der Waals surface area (Å²) in [6, 6.07) is 0. The maximum absolute atomic E-state index is 10.7. The second-order valence-electron chi connectivity index (χ2n) is 3.07.